The van der Waals surface area contributed by atoms with Gasteiger partial charge in [0, 0.05) is 32.4 Å². The number of nitrogens with zero attached hydrogens (tertiary/aromatic N) is 3. The van der Waals surface area contributed by atoms with Crippen LogP contribution in [0.3, 0.4) is 0 Å². The van der Waals surface area contributed by atoms with Gasteiger partial charge in [-0.25, -0.2) is 10.5 Å². The number of rotatable bonds is 10. The zero-order valence-corrected chi connectivity index (χ0v) is 19.8. The highest BCUT2D eigenvalue weighted by Crippen LogP contribution is 2.21. The van der Waals surface area contributed by atoms with Gasteiger partial charge in [-0.05, 0) is 62.4 Å². The normalized spacial score (nSPS) is 15.5. The van der Waals surface area contributed by atoms with Crippen LogP contribution in [0.15, 0.2) is 42.6 Å². The van der Waals surface area contributed by atoms with Gasteiger partial charge in [0.25, 0.3) is 5.91 Å². The van der Waals surface area contributed by atoms with Gasteiger partial charge in [0.05, 0.1) is 12.5 Å². The molecule has 1 aromatic heterocycles. The van der Waals surface area contributed by atoms with E-state index in [1.54, 1.807) is 4.90 Å². The van der Waals surface area contributed by atoms with Crippen LogP contribution in [0.25, 0.3) is 0 Å². The minimum absolute atomic E-state index is 0.278. The fourth-order valence-electron chi connectivity index (χ4n) is 4.15. The maximum Gasteiger partial charge on any atom is 0.272 e. The molecule has 34 heavy (non-hydrogen) atoms. The van der Waals surface area contributed by atoms with Gasteiger partial charge in [-0.3, -0.25) is 14.8 Å². The lowest BCUT2D eigenvalue weighted by atomic mass is 9.92. The molecule has 1 fully saturated rings. The van der Waals surface area contributed by atoms with Gasteiger partial charge in [0.15, 0.2) is 0 Å². The van der Waals surface area contributed by atoms with Crippen LogP contribution in [0.1, 0.15) is 30.9 Å². The third-order valence-electron chi connectivity index (χ3n) is 6.10. The summed E-state index contributed by atoms with van der Waals surface area (Å²) in [4.78, 5) is 33.4. The average molecular weight is 471 g/mol. The van der Waals surface area contributed by atoms with E-state index < -0.39 is 17.9 Å². The van der Waals surface area contributed by atoms with Gasteiger partial charge in [-0.15, -0.1) is 0 Å². The fourth-order valence-corrected chi connectivity index (χ4v) is 4.15. The number of ether oxygens (including phenoxy) is 1. The Balaban J connectivity index is 1.59. The first-order valence-electron chi connectivity index (χ1n) is 11.7. The molecule has 0 aliphatic carbocycles. The first-order valence-corrected chi connectivity index (χ1v) is 11.7. The summed E-state index contributed by atoms with van der Waals surface area (Å²) in [6.45, 7) is 6.68. The van der Waals surface area contributed by atoms with Crippen LogP contribution in [0.5, 0.6) is 5.75 Å². The van der Waals surface area contributed by atoms with Gasteiger partial charge >= 0.3 is 0 Å². The molecule has 9 heteroatoms. The number of anilines is 1. The number of carbonyl (C=O) groups is 2. The number of aliphatic hydroxyl groups is 1. The second-order valence-electron chi connectivity index (χ2n) is 8.50. The Kier molecular flexibility index (Phi) is 9.24. The Bertz CT molecular complexity index is 927. The molecule has 0 saturated carbocycles. The number of hydrogen-bond donors (Lipinski definition) is 3. The van der Waals surface area contributed by atoms with E-state index >= 15 is 0 Å². The van der Waals surface area contributed by atoms with Crippen molar-refractivity contribution in [3.05, 3.63) is 53.7 Å². The van der Waals surface area contributed by atoms with Gasteiger partial charge in [0.2, 0.25) is 5.91 Å². The maximum atomic E-state index is 13.3. The summed E-state index contributed by atoms with van der Waals surface area (Å²) < 4.78 is 5.45. The number of carbonyl (C=O) groups excluding carboxylic acids is 2. The van der Waals surface area contributed by atoms with Crippen molar-refractivity contribution in [1.29, 1.82) is 0 Å². The summed E-state index contributed by atoms with van der Waals surface area (Å²) in [5, 5.41) is 19.5. The summed E-state index contributed by atoms with van der Waals surface area (Å²) in [6, 6.07) is 11.7. The van der Waals surface area contributed by atoms with Crippen molar-refractivity contribution in [3.63, 3.8) is 0 Å². The number of aromatic nitrogens is 1. The Morgan fingerprint density at radius 1 is 1.12 bits per heavy atom. The second-order valence-corrected chi connectivity index (χ2v) is 8.50. The van der Waals surface area contributed by atoms with E-state index in [1.807, 2.05) is 56.4 Å². The number of piperazine rings is 1. The molecule has 1 saturated heterocycles. The third kappa shape index (κ3) is 6.68. The highest BCUT2D eigenvalue weighted by atomic mass is 16.5. The molecule has 0 radical (unpaired) electrons. The minimum atomic E-state index is -1.62. The van der Waals surface area contributed by atoms with Crippen molar-refractivity contribution in [2.75, 3.05) is 37.7 Å². The van der Waals surface area contributed by atoms with Crippen LogP contribution >= 0.6 is 0 Å². The van der Waals surface area contributed by atoms with Crippen LogP contribution in [-0.2, 0) is 16.0 Å². The van der Waals surface area contributed by atoms with Gasteiger partial charge in [-0.1, -0.05) is 18.2 Å². The largest absolute Gasteiger partial charge is 0.494 e. The van der Waals surface area contributed by atoms with Gasteiger partial charge in [0.1, 0.15) is 17.7 Å². The molecular formula is C25H34N4O5. The minimum Gasteiger partial charge on any atom is -0.494 e. The van der Waals surface area contributed by atoms with Gasteiger partial charge < -0.3 is 19.6 Å². The van der Waals surface area contributed by atoms with Crippen LogP contribution in [0.2, 0.25) is 0 Å². The molecule has 0 spiro atoms. The number of benzene rings is 1. The molecule has 1 aliphatic rings. The first kappa shape index (κ1) is 25.5. The van der Waals surface area contributed by atoms with Crippen LogP contribution < -0.4 is 15.1 Å². The lowest BCUT2D eigenvalue weighted by molar-refractivity contribution is -0.151. The van der Waals surface area contributed by atoms with E-state index in [0.29, 0.717) is 52.0 Å². The molecule has 9 nitrogen and oxygen atoms in total. The summed E-state index contributed by atoms with van der Waals surface area (Å²) in [5.74, 6) is -0.515. The topological polar surface area (TPSA) is 115 Å². The number of amides is 2. The van der Waals surface area contributed by atoms with Crippen molar-refractivity contribution >= 4 is 17.6 Å². The molecule has 2 atom stereocenters. The first-order chi connectivity index (χ1) is 16.4. The molecule has 1 aromatic carbocycles. The molecular weight excluding hydrogens is 436 g/mol. The van der Waals surface area contributed by atoms with E-state index in [0.717, 1.165) is 22.7 Å². The summed E-state index contributed by atoms with van der Waals surface area (Å²) in [6.07, 6.45) is 1.82. The number of aryl methyl sites for hydroxylation is 2. The highest BCUT2D eigenvalue weighted by Gasteiger charge is 2.35. The maximum absolute atomic E-state index is 13.3. The molecule has 2 aromatic rings. The monoisotopic (exact) mass is 470 g/mol. The van der Waals surface area contributed by atoms with E-state index in [-0.39, 0.29) is 5.91 Å². The van der Waals surface area contributed by atoms with Crippen molar-refractivity contribution in [1.82, 2.24) is 15.4 Å². The Hall–Kier alpha value is -3.17. The van der Waals surface area contributed by atoms with Crippen LogP contribution in [0, 0.1) is 12.8 Å². The molecule has 3 N–H and O–H groups in total. The number of pyridine rings is 1. The second kappa shape index (κ2) is 12.3. The quantitative estimate of drug-likeness (QED) is 0.359. The van der Waals surface area contributed by atoms with E-state index in [1.165, 1.54) is 5.48 Å². The number of nitrogens with one attached hydrogen (secondary N) is 1. The van der Waals surface area contributed by atoms with Crippen molar-refractivity contribution < 1.29 is 24.6 Å². The Morgan fingerprint density at radius 3 is 2.41 bits per heavy atom. The van der Waals surface area contributed by atoms with Crippen molar-refractivity contribution in [2.24, 2.45) is 5.92 Å². The SMILES string of the molecule is CCOc1ccc(CCC[C@@H](C(=O)N2CCN(c3ccc(C)cn3)CC2)[C@H](O)C(=O)NO)cc1. The predicted octanol–water partition coefficient (Wildman–Crippen LogP) is 1.94. The molecule has 2 heterocycles. The lowest BCUT2D eigenvalue weighted by Crippen LogP contribution is -2.53. The lowest BCUT2D eigenvalue weighted by Gasteiger charge is -2.37. The summed E-state index contributed by atoms with van der Waals surface area (Å²) in [7, 11) is 0. The van der Waals surface area contributed by atoms with Crippen molar-refractivity contribution in [2.45, 2.75) is 39.2 Å². The molecule has 3 rings (SSSR count). The smallest absolute Gasteiger partial charge is 0.272 e. The molecule has 2 amide bonds. The zero-order valence-electron chi connectivity index (χ0n) is 19.8. The van der Waals surface area contributed by atoms with Crippen LogP contribution in [0.4, 0.5) is 5.82 Å². The van der Waals surface area contributed by atoms with Gasteiger partial charge in [-0.2, -0.15) is 0 Å². The number of hydroxylamine groups is 1. The summed E-state index contributed by atoms with van der Waals surface area (Å²) in [5.41, 5.74) is 3.64. The van der Waals surface area contributed by atoms with E-state index in [2.05, 4.69) is 9.88 Å². The third-order valence-corrected chi connectivity index (χ3v) is 6.10. The standard InChI is InChI=1S/C25H34N4O5/c1-3-34-20-10-8-19(9-11-20)5-4-6-21(23(30)24(31)27-33)25(32)29-15-13-28(14-16-29)22-12-7-18(2)17-26-22/h7-12,17,21,23,30,33H,3-6,13-16H2,1-2H3,(H,27,31)/t21-,23+/m1/s1. The number of hydrogen-bond acceptors (Lipinski definition) is 7. The van der Waals surface area contributed by atoms with Crippen LogP contribution in [-0.4, -0.2) is 70.9 Å². The Morgan fingerprint density at radius 2 is 1.82 bits per heavy atom. The van der Waals surface area contributed by atoms with Crippen molar-refractivity contribution in [3.8, 4) is 5.75 Å². The molecule has 0 unspecified atom stereocenters. The van der Waals surface area contributed by atoms with E-state index in [9.17, 15) is 14.7 Å². The molecule has 1 aliphatic heterocycles. The molecule has 0 bridgehead atoms. The zero-order chi connectivity index (χ0) is 24.5. The average Bonchev–Trinajstić information content (AvgIpc) is 2.87. The van der Waals surface area contributed by atoms with E-state index in [4.69, 9.17) is 9.94 Å². The fraction of sp³-hybridized carbons (Fsp3) is 0.480. The Labute approximate surface area is 200 Å². The number of aliphatic hydroxyl groups excluding tert-OH is 1. The highest BCUT2D eigenvalue weighted by molar-refractivity contribution is 5.88. The summed E-state index contributed by atoms with van der Waals surface area (Å²) >= 11 is 0. The predicted molar refractivity (Wildman–Crippen MR) is 128 cm³/mol. The molecule has 184 valence electrons.